The zero-order chi connectivity index (χ0) is 19.4. The number of fused-ring (bicyclic) bond motifs is 1. The molecule has 7 nitrogen and oxygen atoms in total. The summed E-state index contributed by atoms with van der Waals surface area (Å²) < 4.78 is 5.24. The summed E-state index contributed by atoms with van der Waals surface area (Å²) in [5, 5.41) is 7.72. The molecule has 142 valence electrons. The van der Waals surface area contributed by atoms with E-state index in [0.717, 1.165) is 16.5 Å². The van der Waals surface area contributed by atoms with Crippen molar-refractivity contribution >= 4 is 16.8 Å². The average molecular weight is 368 g/mol. The van der Waals surface area contributed by atoms with Gasteiger partial charge >= 0.3 is 0 Å². The highest BCUT2D eigenvalue weighted by Gasteiger charge is 2.14. The lowest BCUT2D eigenvalue weighted by atomic mass is 10.1. The normalized spacial score (nSPS) is 11.3. The molecule has 0 bridgehead atoms. The minimum Gasteiger partial charge on any atom is -0.356 e. The van der Waals surface area contributed by atoms with E-state index in [9.17, 15) is 9.59 Å². The van der Waals surface area contributed by atoms with Gasteiger partial charge in [0.25, 0.3) is 5.56 Å². The quantitative estimate of drug-likeness (QED) is 0.668. The van der Waals surface area contributed by atoms with Crippen molar-refractivity contribution in [3.05, 3.63) is 46.1 Å². The van der Waals surface area contributed by atoms with Crippen LogP contribution in [-0.2, 0) is 11.2 Å². The molecular weight excluding hydrogens is 344 g/mol. The van der Waals surface area contributed by atoms with Gasteiger partial charge in [0.05, 0.1) is 5.56 Å². The number of hydrogen-bond donors (Lipinski definition) is 2. The molecule has 0 aliphatic carbocycles. The number of nitrogens with one attached hydrogen (secondary N) is 2. The fourth-order valence-corrected chi connectivity index (χ4v) is 2.76. The molecule has 2 heterocycles. The predicted octanol–water partition coefficient (Wildman–Crippen LogP) is 2.98. The maximum absolute atomic E-state index is 12.3. The molecular formula is C20H24N4O3. The predicted molar refractivity (Wildman–Crippen MR) is 103 cm³/mol. The summed E-state index contributed by atoms with van der Waals surface area (Å²) in [6.07, 6.45) is 1.51. The zero-order valence-electron chi connectivity index (χ0n) is 15.8. The van der Waals surface area contributed by atoms with E-state index in [0.29, 0.717) is 43.2 Å². The molecule has 3 aromatic rings. The number of nitrogens with zero attached hydrogens (tertiary/aromatic N) is 2. The summed E-state index contributed by atoms with van der Waals surface area (Å²) >= 11 is 0. The van der Waals surface area contributed by atoms with Gasteiger partial charge in [-0.2, -0.15) is 4.98 Å². The molecule has 3 rings (SSSR count). The van der Waals surface area contributed by atoms with Gasteiger partial charge in [0.15, 0.2) is 0 Å². The Kier molecular flexibility index (Phi) is 5.69. The first-order valence-corrected chi connectivity index (χ1v) is 9.15. The number of aryl methyl sites for hydroxylation is 2. The van der Waals surface area contributed by atoms with E-state index >= 15 is 0 Å². The second-order valence-electron chi connectivity index (χ2n) is 7.17. The molecule has 2 aromatic heterocycles. The Hall–Kier alpha value is -2.96. The van der Waals surface area contributed by atoms with Gasteiger partial charge in [-0.1, -0.05) is 30.6 Å². The molecule has 0 fully saturated rings. The van der Waals surface area contributed by atoms with E-state index in [2.05, 4.69) is 34.3 Å². The molecule has 27 heavy (non-hydrogen) atoms. The number of carbonyl (C=O) groups excluding carboxylic acids is 1. The van der Waals surface area contributed by atoms with E-state index in [4.69, 9.17) is 4.52 Å². The summed E-state index contributed by atoms with van der Waals surface area (Å²) in [7, 11) is 0. The molecule has 0 aliphatic rings. The molecule has 7 heteroatoms. The molecule has 0 atom stereocenters. The van der Waals surface area contributed by atoms with Gasteiger partial charge < -0.3 is 14.8 Å². The first-order chi connectivity index (χ1) is 12.9. The van der Waals surface area contributed by atoms with Crippen molar-refractivity contribution in [3.8, 4) is 11.4 Å². The van der Waals surface area contributed by atoms with E-state index in [1.165, 1.54) is 0 Å². The Bertz CT molecular complexity index is 1000. The van der Waals surface area contributed by atoms with E-state index < -0.39 is 0 Å². The van der Waals surface area contributed by atoms with Crippen LogP contribution >= 0.6 is 0 Å². The highest BCUT2D eigenvalue weighted by Crippen LogP contribution is 2.19. The van der Waals surface area contributed by atoms with Gasteiger partial charge in [0.2, 0.25) is 17.6 Å². The molecule has 0 saturated heterocycles. The van der Waals surface area contributed by atoms with E-state index in [-0.39, 0.29) is 17.3 Å². The third-order valence-electron chi connectivity index (χ3n) is 4.21. The number of rotatable bonds is 7. The van der Waals surface area contributed by atoms with Gasteiger partial charge in [-0.15, -0.1) is 0 Å². The molecule has 2 N–H and O–H groups in total. The molecule has 1 aromatic carbocycles. The molecule has 0 aliphatic heterocycles. The van der Waals surface area contributed by atoms with Crippen LogP contribution in [0.3, 0.4) is 0 Å². The lowest BCUT2D eigenvalue weighted by molar-refractivity contribution is -0.121. The lowest BCUT2D eigenvalue weighted by Crippen LogP contribution is -2.27. The fraction of sp³-hybridized carbons (Fsp3) is 0.400. The number of H-pyrrole nitrogens is 1. The van der Waals surface area contributed by atoms with Crippen LogP contribution in [0.1, 0.15) is 38.1 Å². The van der Waals surface area contributed by atoms with Crippen LogP contribution in [0.15, 0.2) is 33.6 Å². The van der Waals surface area contributed by atoms with Crippen molar-refractivity contribution < 1.29 is 9.32 Å². The Morgan fingerprint density at radius 1 is 1.30 bits per heavy atom. The van der Waals surface area contributed by atoms with Crippen molar-refractivity contribution in [2.45, 2.75) is 40.0 Å². The van der Waals surface area contributed by atoms with Gasteiger partial charge in [0, 0.05) is 24.9 Å². The van der Waals surface area contributed by atoms with Crippen LogP contribution < -0.4 is 10.9 Å². The number of aromatic nitrogens is 3. The summed E-state index contributed by atoms with van der Waals surface area (Å²) in [5.74, 6) is 1.13. The largest absolute Gasteiger partial charge is 0.356 e. The maximum Gasteiger partial charge on any atom is 0.259 e. The van der Waals surface area contributed by atoms with Gasteiger partial charge in [0.1, 0.15) is 0 Å². The fourth-order valence-electron chi connectivity index (χ4n) is 2.76. The molecule has 0 spiro atoms. The van der Waals surface area contributed by atoms with Crippen LogP contribution in [0.25, 0.3) is 22.3 Å². The van der Waals surface area contributed by atoms with Crippen LogP contribution in [0.4, 0.5) is 0 Å². The average Bonchev–Trinajstić information content (AvgIpc) is 3.08. The molecule has 0 unspecified atom stereocenters. The second-order valence-corrected chi connectivity index (χ2v) is 7.17. The number of amides is 1. The van der Waals surface area contributed by atoms with Gasteiger partial charge in [-0.3, -0.25) is 9.59 Å². The maximum atomic E-state index is 12.3. The highest BCUT2D eigenvalue weighted by molar-refractivity contribution is 5.82. The van der Waals surface area contributed by atoms with Crippen molar-refractivity contribution in [2.24, 2.45) is 5.92 Å². The van der Waals surface area contributed by atoms with Crippen LogP contribution in [0, 0.1) is 12.8 Å². The number of carbonyl (C=O) groups is 1. The van der Waals surface area contributed by atoms with Crippen molar-refractivity contribution in [1.82, 2.24) is 20.4 Å². The monoisotopic (exact) mass is 368 g/mol. The SMILES string of the molecule is Cc1ccc2[nH]c(=O)c(-c3noc(CCCC(=O)NCC(C)C)n3)cc2c1. The smallest absolute Gasteiger partial charge is 0.259 e. The van der Waals surface area contributed by atoms with Gasteiger partial charge in [-0.25, -0.2) is 0 Å². The molecule has 0 radical (unpaired) electrons. The third kappa shape index (κ3) is 4.81. The minimum atomic E-state index is -0.258. The van der Waals surface area contributed by atoms with Crippen molar-refractivity contribution in [2.75, 3.05) is 6.54 Å². The van der Waals surface area contributed by atoms with Crippen LogP contribution in [0.5, 0.6) is 0 Å². The van der Waals surface area contributed by atoms with Crippen molar-refractivity contribution in [1.29, 1.82) is 0 Å². The summed E-state index contributed by atoms with van der Waals surface area (Å²) in [5.41, 5.74) is 1.99. The second kappa shape index (κ2) is 8.16. The zero-order valence-corrected chi connectivity index (χ0v) is 15.8. The van der Waals surface area contributed by atoms with Crippen LogP contribution in [0.2, 0.25) is 0 Å². The minimum absolute atomic E-state index is 0.0183. The van der Waals surface area contributed by atoms with Gasteiger partial charge in [-0.05, 0) is 42.8 Å². The van der Waals surface area contributed by atoms with Crippen molar-refractivity contribution in [3.63, 3.8) is 0 Å². The highest BCUT2D eigenvalue weighted by atomic mass is 16.5. The summed E-state index contributed by atoms with van der Waals surface area (Å²) in [4.78, 5) is 31.2. The Labute approximate surface area is 157 Å². The number of pyridine rings is 1. The van der Waals surface area contributed by atoms with Crippen LogP contribution in [-0.4, -0.2) is 27.6 Å². The van der Waals surface area contributed by atoms with E-state index in [1.54, 1.807) is 6.07 Å². The number of benzene rings is 1. The standard InChI is InChI=1S/C20H24N4O3/c1-12(2)11-21-17(25)5-4-6-18-23-19(24-27-18)15-10-14-9-13(3)7-8-16(14)22-20(15)26/h7-10,12H,4-6,11H2,1-3H3,(H,21,25)(H,22,26). The first-order valence-electron chi connectivity index (χ1n) is 9.15. The lowest BCUT2D eigenvalue weighted by Gasteiger charge is -2.06. The molecule has 1 amide bonds. The number of aromatic amines is 1. The Balaban J connectivity index is 1.67. The topological polar surface area (TPSA) is 101 Å². The Morgan fingerprint density at radius 3 is 2.89 bits per heavy atom. The number of hydrogen-bond acceptors (Lipinski definition) is 5. The third-order valence-corrected chi connectivity index (χ3v) is 4.21. The summed E-state index contributed by atoms with van der Waals surface area (Å²) in [6, 6.07) is 7.59. The molecule has 0 saturated carbocycles. The summed E-state index contributed by atoms with van der Waals surface area (Å²) in [6.45, 7) is 6.77. The Morgan fingerprint density at radius 2 is 2.11 bits per heavy atom. The first kappa shape index (κ1) is 18.8. The van der Waals surface area contributed by atoms with E-state index in [1.807, 2.05) is 25.1 Å².